The fourth-order valence-electron chi connectivity index (χ4n) is 2.51. The van der Waals surface area contributed by atoms with Gasteiger partial charge in [0.1, 0.15) is 0 Å². The first-order valence-electron chi connectivity index (χ1n) is 8.22. The average Bonchev–Trinajstić information content (AvgIpc) is 2.48. The first-order valence-corrected chi connectivity index (χ1v) is 8.22. The number of aliphatic imine (C=N–C) groups is 1. The molecule has 0 radical (unpaired) electrons. The van der Waals surface area contributed by atoms with Crippen LogP contribution < -0.4 is 0 Å². The zero-order valence-electron chi connectivity index (χ0n) is 15.8. The van der Waals surface area contributed by atoms with Gasteiger partial charge in [-0.15, -0.1) is 0 Å². The summed E-state index contributed by atoms with van der Waals surface area (Å²) in [7, 11) is 1.70. The molecule has 3 atom stereocenters. The third kappa shape index (κ3) is 6.35. The van der Waals surface area contributed by atoms with Crippen molar-refractivity contribution in [1.29, 1.82) is 0 Å². The van der Waals surface area contributed by atoms with Crippen LogP contribution in [0.25, 0.3) is 0 Å². The Balaban J connectivity index is 5.29. The molecule has 0 rings (SSSR count). The minimum atomic E-state index is -0.147. The SMILES string of the molecule is C=NC(C)C(C)(CO/C(C)=C\C(C)OC)/C(=C/C(C)C)CC. The number of nitrogens with zero attached hydrogens (tertiary/aromatic N) is 1. The molecular formula is C19H35NO2. The second-order valence-electron chi connectivity index (χ2n) is 6.57. The number of allylic oxidation sites excluding steroid dienone is 2. The van der Waals surface area contributed by atoms with E-state index in [1.165, 1.54) is 5.57 Å². The molecular weight excluding hydrogens is 274 g/mol. The number of methoxy groups -OCH3 is 1. The van der Waals surface area contributed by atoms with Crippen molar-refractivity contribution in [1.82, 2.24) is 0 Å². The second-order valence-corrected chi connectivity index (χ2v) is 6.57. The molecule has 0 aromatic heterocycles. The summed E-state index contributed by atoms with van der Waals surface area (Å²) in [4.78, 5) is 4.28. The predicted molar refractivity (Wildman–Crippen MR) is 96.5 cm³/mol. The summed E-state index contributed by atoms with van der Waals surface area (Å²) in [5, 5.41) is 0. The van der Waals surface area contributed by atoms with Crippen LogP contribution in [0.1, 0.15) is 54.9 Å². The highest BCUT2D eigenvalue weighted by atomic mass is 16.5. The maximum Gasteiger partial charge on any atom is 0.0988 e. The van der Waals surface area contributed by atoms with Crippen molar-refractivity contribution in [3.63, 3.8) is 0 Å². The molecule has 0 fully saturated rings. The van der Waals surface area contributed by atoms with Gasteiger partial charge < -0.3 is 9.47 Å². The molecule has 22 heavy (non-hydrogen) atoms. The lowest BCUT2D eigenvalue weighted by atomic mass is 9.74. The molecule has 0 aliphatic carbocycles. The third-order valence-corrected chi connectivity index (χ3v) is 4.29. The van der Waals surface area contributed by atoms with Crippen molar-refractivity contribution in [2.75, 3.05) is 13.7 Å². The molecule has 0 N–H and O–H groups in total. The molecule has 0 saturated carbocycles. The molecule has 3 nitrogen and oxygen atoms in total. The van der Waals surface area contributed by atoms with Crippen LogP contribution >= 0.6 is 0 Å². The van der Waals surface area contributed by atoms with Gasteiger partial charge in [0.05, 0.1) is 24.5 Å². The minimum absolute atomic E-state index is 0.0538. The summed E-state index contributed by atoms with van der Waals surface area (Å²) in [6.45, 7) is 19.2. The molecule has 0 aliphatic rings. The van der Waals surface area contributed by atoms with Gasteiger partial charge in [0.2, 0.25) is 0 Å². The van der Waals surface area contributed by atoms with E-state index in [1.807, 2.05) is 19.9 Å². The zero-order valence-corrected chi connectivity index (χ0v) is 15.8. The van der Waals surface area contributed by atoms with E-state index in [9.17, 15) is 0 Å². The van der Waals surface area contributed by atoms with Crippen LogP contribution in [-0.2, 0) is 9.47 Å². The topological polar surface area (TPSA) is 30.8 Å². The van der Waals surface area contributed by atoms with E-state index in [2.05, 4.69) is 52.4 Å². The molecule has 0 bridgehead atoms. The Bertz CT molecular complexity index is 398. The fourth-order valence-corrected chi connectivity index (χ4v) is 2.51. The van der Waals surface area contributed by atoms with E-state index in [0.717, 1.165) is 12.2 Å². The van der Waals surface area contributed by atoms with E-state index in [-0.39, 0.29) is 17.6 Å². The van der Waals surface area contributed by atoms with Gasteiger partial charge >= 0.3 is 0 Å². The van der Waals surface area contributed by atoms with E-state index in [4.69, 9.17) is 9.47 Å². The molecule has 3 unspecified atom stereocenters. The lowest BCUT2D eigenvalue weighted by molar-refractivity contribution is 0.102. The average molecular weight is 309 g/mol. The van der Waals surface area contributed by atoms with Gasteiger partial charge in [-0.2, -0.15) is 0 Å². The van der Waals surface area contributed by atoms with Crippen LogP contribution in [0.2, 0.25) is 0 Å². The number of rotatable bonds is 10. The van der Waals surface area contributed by atoms with Gasteiger partial charge in [0, 0.05) is 12.5 Å². The van der Waals surface area contributed by atoms with Crippen LogP contribution in [0.5, 0.6) is 0 Å². The van der Waals surface area contributed by atoms with Gasteiger partial charge in [-0.3, -0.25) is 4.99 Å². The zero-order chi connectivity index (χ0) is 17.3. The standard InChI is InChI=1S/C19H35NO2/c1-10-18(11-14(2)3)19(7,17(6)20-8)13-22-16(5)12-15(4)21-9/h11-12,14-15,17H,8,10,13H2,1-7,9H3/b16-12-,18-11+. The van der Waals surface area contributed by atoms with E-state index in [0.29, 0.717) is 12.5 Å². The van der Waals surface area contributed by atoms with Crippen molar-refractivity contribution in [3.8, 4) is 0 Å². The molecule has 3 heteroatoms. The summed E-state index contributed by atoms with van der Waals surface area (Å²) in [5.74, 6) is 1.40. The number of hydrogen-bond donors (Lipinski definition) is 0. The Morgan fingerprint density at radius 1 is 1.23 bits per heavy atom. The normalized spacial score (nSPS) is 18.8. The van der Waals surface area contributed by atoms with Crippen molar-refractivity contribution < 1.29 is 9.47 Å². The smallest absolute Gasteiger partial charge is 0.0988 e. The molecule has 128 valence electrons. The summed E-state index contributed by atoms with van der Waals surface area (Å²) >= 11 is 0. The summed E-state index contributed by atoms with van der Waals surface area (Å²) < 4.78 is 11.3. The Morgan fingerprint density at radius 2 is 1.82 bits per heavy atom. The van der Waals surface area contributed by atoms with Crippen LogP contribution in [0.3, 0.4) is 0 Å². The molecule has 0 aromatic rings. The first-order chi connectivity index (χ1) is 10.2. The summed E-state index contributed by atoms with van der Waals surface area (Å²) in [6.07, 6.45) is 5.37. The van der Waals surface area contributed by atoms with Gasteiger partial charge in [-0.25, -0.2) is 0 Å². The molecule has 0 spiro atoms. The van der Waals surface area contributed by atoms with E-state index >= 15 is 0 Å². The van der Waals surface area contributed by atoms with Crippen molar-refractivity contribution in [2.24, 2.45) is 16.3 Å². The second kappa shape index (κ2) is 9.83. The van der Waals surface area contributed by atoms with Gasteiger partial charge in [-0.1, -0.05) is 39.3 Å². The lowest BCUT2D eigenvalue weighted by Gasteiger charge is -2.36. The molecule has 0 saturated heterocycles. The van der Waals surface area contributed by atoms with Gasteiger partial charge in [0.25, 0.3) is 0 Å². The highest BCUT2D eigenvalue weighted by molar-refractivity contribution is 5.27. The first kappa shape index (κ1) is 20.9. The number of ether oxygens (including phenoxy) is 2. The minimum Gasteiger partial charge on any atom is -0.497 e. The maximum absolute atomic E-state index is 6.02. The lowest BCUT2D eigenvalue weighted by Crippen LogP contribution is -2.36. The van der Waals surface area contributed by atoms with Crippen molar-refractivity contribution in [2.45, 2.75) is 67.0 Å². The molecule has 0 aliphatic heterocycles. The Kier molecular flexibility index (Phi) is 9.34. The van der Waals surface area contributed by atoms with Crippen LogP contribution in [0, 0.1) is 11.3 Å². The molecule has 0 heterocycles. The third-order valence-electron chi connectivity index (χ3n) is 4.29. The largest absolute Gasteiger partial charge is 0.497 e. The molecule has 0 amide bonds. The van der Waals surface area contributed by atoms with Crippen LogP contribution in [0.4, 0.5) is 0 Å². The predicted octanol–water partition coefficient (Wildman–Crippen LogP) is 5.03. The summed E-state index contributed by atoms with van der Waals surface area (Å²) in [6, 6.07) is 0.102. The Labute approximate surface area is 137 Å². The Hall–Kier alpha value is -1.09. The monoisotopic (exact) mass is 309 g/mol. The van der Waals surface area contributed by atoms with E-state index in [1.54, 1.807) is 7.11 Å². The quantitative estimate of drug-likeness (QED) is 0.322. The summed E-state index contributed by atoms with van der Waals surface area (Å²) in [5.41, 5.74) is 1.24. The van der Waals surface area contributed by atoms with Crippen LogP contribution in [-0.4, -0.2) is 32.6 Å². The highest BCUT2D eigenvalue weighted by Crippen LogP contribution is 2.36. The van der Waals surface area contributed by atoms with Crippen molar-refractivity contribution in [3.05, 3.63) is 23.5 Å². The highest BCUT2D eigenvalue weighted by Gasteiger charge is 2.35. The van der Waals surface area contributed by atoms with Gasteiger partial charge in [0.15, 0.2) is 0 Å². The van der Waals surface area contributed by atoms with Crippen LogP contribution in [0.15, 0.2) is 28.5 Å². The number of hydrogen-bond acceptors (Lipinski definition) is 3. The fraction of sp³-hybridized carbons (Fsp3) is 0.737. The van der Waals surface area contributed by atoms with Gasteiger partial charge in [-0.05, 0) is 45.9 Å². The Morgan fingerprint density at radius 3 is 2.23 bits per heavy atom. The van der Waals surface area contributed by atoms with Crippen molar-refractivity contribution >= 4 is 6.72 Å². The maximum atomic E-state index is 6.02. The van der Waals surface area contributed by atoms with E-state index < -0.39 is 0 Å². The molecule has 0 aromatic carbocycles.